The molecule has 4 heterocycles. The molecule has 2 aromatic heterocycles. The molecule has 6 nitrogen and oxygen atoms in total. The van der Waals surface area contributed by atoms with Gasteiger partial charge in [-0.2, -0.15) is 11.8 Å². The maximum Gasteiger partial charge on any atom is 0.255 e. The summed E-state index contributed by atoms with van der Waals surface area (Å²) in [6, 6.07) is 6.20. The van der Waals surface area contributed by atoms with E-state index < -0.39 is 0 Å². The highest BCUT2D eigenvalue weighted by molar-refractivity contribution is 7.98. The maximum absolute atomic E-state index is 13.2. The highest BCUT2D eigenvalue weighted by Gasteiger charge is 2.34. The molecule has 0 aliphatic carbocycles. The van der Waals surface area contributed by atoms with Crippen molar-refractivity contribution in [1.82, 2.24) is 19.5 Å². The van der Waals surface area contributed by atoms with Crippen LogP contribution >= 0.6 is 11.8 Å². The van der Waals surface area contributed by atoms with Crippen LogP contribution in [0.4, 0.5) is 0 Å². The van der Waals surface area contributed by atoms with Gasteiger partial charge in [0.05, 0.1) is 5.69 Å². The van der Waals surface area contributed by atoms with E-state index in [1.54, 1.807) is 0 Å². The number of pyridine rings is 1. The molecule has 7 heteroatoms. The maximum atomic E-state index is 13.2. The molecule has 0 unspecified atom stereocenters. The smallest absolute Gasteiger partial charge is 0.255 e. The molecule has 0 aromatic carbocycles. The van der Waals surface area contributed by atoms with Crippen LogP contribution in [-0.4, -0.2) is 58.2 Å². The second-order valence-electron chi connectivity index (χ2n) is 8.70. The van der Waals surface area contributed by atoms with Crippen LogP contribution in [0.2, 0.25) is 0 Å². The third kappa shape index (κ3) is 4.78. The lowest BCUT2D eigenvalue weighted by Gasteiger charge is -2.43. The Morgan fingerprint density at radius 3 is 2.90 bits per heavy atom. The quantitative estimate of drug-likeness (QED) is 0.617. The number of hydrogen-bond acceptors (Lipinski definition) is 6. The first-order chi connectivity index (χ1) is 14.0. The molecule has 29 heavy (non-hydrogen) atoms. The van der Waals surface area contributed by atoms with Crippen molar-refractivity contribution in [1.29, 1.82) is 0 Å². The van der Waals surface area contributed by atoms with E-state index in [4.69, 9.17) is 4.52 Å². The number of rotatable bonds is 8. The Labute approximate surface area is 177 Å². The highest BCUT2D eigenvalue weighted by atomic mass is 32.2. The lowest BCUT2D eigenvalue weighted by Crippen LogP contribution is -2.47. The topological polar surface area (TPSA) is 54.5 Å². The van der Waals surface area contributed by atoms with Crippen LogP contribution in [0.1, 0.15) is 41.5 Å². The van der Waals surface area contributed by atoms with E-state index >= 15 is 0 Å². The van der Waals surface area contributed by atoms with Crippen molar-refractivity contribution in [3.63, 3.8) is 0 Å². The van der Waals surface area contributed by atoms with Crippen molar-refractivity contribution >= 4 is 11.8 Å². The number of thioether (sulfide) groups is 1. The molecule has 158 valence electrons. The number of hydrogen-bond donors (Lipinski definition) is 0. The summed E-state index contributed by atoms with van der Waals surface area (Å²) in [7, 11) is 2.02. The van der Waals surface area contributed by atoms with Crippen molar-refractivity contribution < 1.29 is 4.52 Å². The molecule has 0 amide bonds. The second kappa shape index (κ2) is 9.06. The fourth-order valence-electron chi connectivity index (χ4n) is 4.94. The van der Waals surface area contributed by atoms with Gasteiger partial charge in [0.15, 0.2) is 0 Å². The largest absolute Gasteiger partial charge is 0.361 e. The minimum Gasteiger partial charge on any atom is -0.361 e. The summed E-state index contributed by atoms with van der Waals surface area (Å²) in [5, 5.41) is 4.06. The first-order valence-corrected chi connectivity index (χ1v) is 12.0. The van der Waals surface area contributed by atoms with Gasteiger partial charge in [-0.3, -0.25) is 9.69 Å². The number of likely N-dealkylation sites (tertiary alicyclic amines) is 1. The van der Waals surface area contributed by atoms with Crippen LogP contribution in [0.25, 0.3) is 0 Å². The average Bonchev–Trinajstić information content (AvgIpc) is 3.09. The summed E-state index contributed by atoms with van der Waals surface area (Å²) >= 11 is 1.92. The van der Waals surface area contributed by atoms with E-state index in [9.17, 15) is 4.79 Å². The zero-order valence-electron chi connectivity index (χ0n) is 17.8. The zero-order chi connectivity index (χ0) is 20.4. The van der Waals surface area contributed by atoms with Crippen LogP contribution in [0.15, 0.2) is 27.5 Å². The Bertz CT molecular complexity index is 893. The van der Waals surface area contributed by atoms with Crippen molar-refractivity contribution in [2.24, 2.45) is 5.92 Å². The van der Waals surface area contributed by atoms with Gasteiger partial charge in [-0.05, 0) is 57.4 Å². The average molecular weight is 417 g/mol. The summed E-state index contributed by atoms with van der Waals surface area (Å²) in [5.41, 5.74) is 3.20. The molecule has 1 saturated heterocycles. The normalized spacial score (nSPS) is 21.5. The van der Waals surface area contributed by atoms with E-state index in [1.807, 2.05) is 37.9 Å². The number of piperidine rings is 1. The highest BCUT2D eigenvalue weighted by Crippen LogP contribution is 2.35. The van der Waals surface area contributed by atoms with Gasteiger partial charge in [-0.15, -0.1) is 0 Å². The van der Waals surface area contributed by atoms with E-state index in [-0.39, 0.29) is 5.56 Å². The summed E-state index contributed by atoms with van der Waals surface area (Å²) in [6.07, 6.45) is 4.66. The lowest BCUT2D eigenvalue weighted by molar-refractivity contribution is 0.120. The first-order valence-electron chi connectivity index (χ1n) is 10.6. The molecule has 2 aromatic rings. The molecular weight excluding hydrogens is 384 g/mol. The SMILES string of the molecule is CSCCCN1C[C@@H]2C[C@H](C1)c1ccc(CN(C)Cc3cc(C)on3)c(=O)n1C2. The molecular formula is C22H32N4O2S. The third-order valence-corrected chi connectivity index (χ3v) is 6.83. The van der Waals surface area contributed by atoms with Crippen molar-refractivity contribution in [3.05, 3.63) is 51.3 Å². The van der Waals surface area contributed by atoms with Gasteiger partial charge >= 0.3 is 0 Å². The summed E-state index contributed by atoms with van der Waals surface area (Å²) in [5.74, 6) is 3.14. The van der Waals surface area contributed by atoms with Gasteiger partial charge in [0, 0.05) is 56.0 Å². The van der Waals surface area contributed by atoms with Gasteiger partial charge in [-0.1, -0.05) is 11.2 Å². The van der Waals surface area contributed by atoms with Gasteiger partial charge in [0.1, 0.15) is 5.76 Å². The van der Waals surface area contributed by atoms with E-state index in [2.05, 4.69) is 31.8 Å². The Hall–Kier alpha value is -1.57. The number of aromatic nitrogens is 2. The monoisotopic (exact) mass is 416 g/mol. The first kappa shape index (κ1) is 20.7. The molecule has 2 atom stereocenters. The minimum absolute atomic E-state index is 0.191. The third-order valence-electron chi connectivity index (χ3n) is 6.13. The molecule has 0 N–H and O–H groups in total. The Balaban J connectivity index is 1.45. The fourth-order valence-corrected chi connectivity index (χ4v) is 5.36. The van der Waals surface area contributed by atoms with Crippen LogP contribution in [0, 0.1) is 12.8 Å². The van der Waals surface area contributed by atoms with Crippen molar-refractivity contribution in [2.45, 2.75) is 45.3 Å². The predicted molar refractivity (Wildman–Crippen MR) is 117 cm³/mol. The number of nitrogens with zero attached hydrogens (tertiary/aromatic N) is 4. The van der Waals surface area contributed by atoms with Crippen LogP contribution < -0.4 is 5.56 Å². The van der Waals surface area contributed by atoms with Gasteiger partial charge < -0.3 is 14.0 Å². The van der Waals surface area contributed by atoms with Gasteiger partial charge in [0.2, 0.25) is 0 Å². The van der Waals surface area contributed by atoms with Crippen LogP contribution in [-0.2, 0) is 19.6 Å². The molecule has 2 aliphatic heterocycles. The van der Waals surface area contributed by atoms with Crippen molar-refractivity contribution in [3.8, 4) is 0 Å². The number of aryl methyl sites for hydroxylation is 1. The van der Waals surface area contributed by atoms with E-state index in [0.717, 1.165) is 36.7 Å². The summed E-state index contributed by atoms with van der Waals surface area (Å²) < 4.78 is 7.22. The standard InChI is InChI=1S/C22H32N4O2S/c1-16-9-20(23-28-16)15-24(2)13-18-5-6-21-19-10-17(12-26(21)22(18)27)11-25(14-19)7-4-8-29-3/h5-6,9,17,19H,4,7-8,10-15H2,1-3H3/t17-,19+/m0/s1. The Morgan fingerprint density at radius 1 is 1.28 bits per heavy atom. The molecule has 0 radical (unpaired) electrons. The van der Waals surface area contributed by atoms with Crippen LogP contribution in [0.5, 0.6) is 0 Å². The Morgan fingerprint density at radius 2 is 2.14 bits per heavy atom. The molecule has 1 fully saturated rings. The van der Waals surface area contributed by atoms with Gasteiger partial charge in [-0.25, -0.2) is 0 Å². The lowest BCUT2D eigenvalue weighted by atomic mass is 9.83. The summed E-state index contributed by atoms with van der Waals surface area (Å²) in [4.78, 5) is 18.0. The predicted octanol–water partition coefficient (Wildman–Crippen LogP) is 2.95. The molecule has 0 saturated carbocycles. The van der Waals surface area contributed by atoms with Crippen molar-refractivity contribution in [2.75, 3.05) is 38.7 Å². The van der Waals surface area contributed by atoms with Gasteiger partial charge in [0.25, 0.3) is 5.56 Å². The minimum atomic E-state index is 0.191. The molecule has 4 rings (SSSR count). The molecule has 2 aliphatic rings. The van der Waals surface area contributed by atoms with Crippen LogP contribution in [0.3, 0.4) is 0 Å². The molecule has 0 spiro atoms. The van der Waals surface area contributed by atoms with E-state index in [1.165, 1.54) is 30.8 Å². The Kier molecular flexibility index (Phi) is 6.47. The molecule has 2 bridgehead atoms. The number of fused-ring (bicyclic) bond motifs is 4. The second-order valence-corrected chi connectivity index (χ2v) is 9.69. The zero-order valence-corrected chi connectivity index (χ0v) is 18.6. The van der Waals surface area contributed by atoms with E-state index in [0.29, 0.717) is 24.9 Å². The fraction of sp³-hybridized carbons (Fsp3) is 0.636. The summed E-state index contributed by atoms with van der Waals surface area (Å²) in [6.45, 7) is 7.47.